The number of rotatable bonds is 6. The van der Waals surface area contributed by atoms with Crippen LogP contribution in [-0.4, -0.2) is 6.10 Å². The van der Waals surface area contributed by atoms with E-state index in [2.05, 4.69) is 36.6 Å². The van der Waals surface area contributed by atoms with Gasteiger partial charge in [-0.25, -0.2) is 0 Å². The molecular weight excluding hydrogens is 224 g/mol. The normalized spacial score (nSPS) is 22.6. The molecule has 2 aliphatic rings. The standard InChI is InChI=1S/C15H22N2O/c1-10(11-2-3-11)15(17-16)12-4-6-13(7-5-12)18-14-8-9-14/h4-7,10-11,14-15,17H,2-3,8-9,16H2,1H3. The lowest BCUT2D eigenvalue weighted by atomic mass is 9.91. The van der Waals surface area contributed by atoms with Gasteiger partial charge >= 0.3 is 0 Å². The summed E-state index contributed by atoms with van der Waals surface area (Å²) in [5.41, 5.74) is 4.24. The fourth-order valence-corrected chi connectivity index (χ4v) is 2.58. The van der Waals surface area contributed by atoms with Gasteiger partial charge in [-0.1, -0.05) is 19.1 Å². The smallest absolute Gasteiger partial charge is 0.119 e. The Balaban J connectivity index is 1.68. The number of hydrazine groups is 1. The van der Waals surface area contributed by atoms with Crippen LogP contribution in [0.1, 0.15) is 44.2 Å². The quantitative estimate of drug-likeness (QED) is 0.599. The van der Waals surface area contributed by atoms with E-state index >= 15 is 0 Å². The molecule has 0 aliphatic heterocycles. The summed E-state index contributed by atoms with van der Waals surface area (Å²) in [6.45, 7) is 2.29. The van der Waals surface area contributed by atoms with Crippen LogP contribution >= 0.6 is 0 Å². The van der Waals surface area contributed by atoms with Crippen molar-refractivity contribution in [3.05, 3.63) is 29.8 Å². The number of benzene rings is 1. The molecule has 1 aromatic carbocycles. The molecule has 3 rings (SSSR count). The van der Waals surface area contributed by atoms with E-state index in [0.717, 1.165) is 11.7 Å². The third-order valence-electron chi connectivity index (χ3n) is 4.14. The van der Waals surface area contributed by atoms with Gasteiger partial charge in [0.1, 0.15) is 5.75 Å². The largest absolute Gasteiger partial charge is 0.490 e. The summed E-state index contributed by atoms with van der Waals surface area (Å²) in [5, 5.41) is 0. The maximum absolute atomic E-state index is 5.76. The zero-order valence-electron chi connectivity index (χ0n) is 10.9. The second-order valence-corrected chi connectivity index (χ2v) is 5.73. The van der Waals surface area contributed by atoms with Gasteiger partial charge < -0.3 is 4.74 Å². The predicted octanol–water partition coefficient (Wildman–Crippen LogP) is 2.78. The van der Waals surface area contributed by atoms with Crippen LogP contribution in [0.5, 0.6) is 5.75 Å². The minimum Gasteiger partial charge on any atom is -0.490 e. The molecule has 0 bridgehead atoms. The first-order valence-electron chi connectivity index (χ1n) is 7.00. The Morgan fingerprint density at radius 3 is 2.33 bits per heavy atom. The number of nitrogens with one attached hydrogen (secondary N) is 1. The highest BCUT2D eigenvalue weighted by atomic mass is 16.5. The lowest BCUT2D eigenvalue weighted by molar-refractivity contribution is 0.302. The Labute approximate surface area is 109 Å². The lowest BCUT2D eigenvalue weighted by Gasteiger charge is -2.23. The molecule has 3 N–H and O–H groups in total. The van der Waals surface area contributed by atoms with Crippen LogP contribution in [-0.2, 0) is 0 Å². The van der Waals surface area contributed by atoms with Gasteiger partial charge in [0.25, 0.3) is 0 Å². The van der Waals surface area contributed by atoms with E-state index in [9.17, 15) is 0 Å². The molecule has 2 fully saturated rings. The lowest BCUT2D eigenvalue weighted by Crippen LogP contribution is -2.33. The third-order valence-corrected chi connectivity index (χ3v) is 4.14. The van der Waals surface area contributed by atoms with Gasteiger partial charge in [-0.2, -0.15) is 0 Å². The molecular formula is C15H22N2O. The van der Waals surface area contributed by atoms with Crippen LogP contribution in [0.25, 0.3) is 0 Å². The van der Waals surface area contributed by atoms with Gasteiger partial charge in [-0.15, -0.1) is 0 Å². The highest BCUT2D eigenvalue weighted by Gasteiger charge is 2.33. The fourth-order valence-electron chi connectivity index (χ4n) is 2.58. The molecule has 2 aliphatic carbocycles. The van der Waals surface area contributed by atoms with E-state index in [1.54, 1.807) is 0 Å². The number of hydrogen-bond acceptors (Lipinski definition) is 3. The first-order chi connectivity index (χ1) is 8.78. The molecule has 3 nitrogen and oxygen atoms in total. The summed E-state index contributed by atoms with van der Waals surface area (Å²) in [6.07, 6.45) is 5.57. The van der Waals surface area contributed by atoms with Crippen LogP contribution in [0.15, 0.2) is 24.3 Å². The van der Waals surface area contributed by atoms with Crippen LogP contribution < -0.4 is 16.0 Å². The zero-order chi connectivity index (χ0) is 12.5. The average Bonchev–Trinajstić information content (AvgIpc) is 3.26. The SMILES string of the molecule is CC(C1CC1)C(NN)c1ccc(OC2CC2)cc1. The van der Waals surface area contributed by atoms with E-state index in [4.69, 9.17) is 10.6 Å². The first kappa shape index (κ1) is 12.0. The minimum absolute atomic E-state index is 0.257. The summed E-state index contributed by atoms with van der Waals surface area (Å²) in [4.78, 5) is 0. The number of nitrogens with two attached hydrogens (primary N) is 1. The maximum atomic E-state index is 5.76. The molecule has 2 unspecified atom stereocenters. The van der Waals surface area contributed by atoms with E-state index in [-0.39, 0.29) is 6.04 Å². The van der Waals surface area contributed by atoms with Crippen molar-refractivity contribution in [1.82, 2.24) is 5.43 Å². The van der Waals surface area contributed by atoms with Crippen LogP contribution in [0.3, 0.4) is 0 Å². The van der Waals surface area contributed by atoms with Crippen molar-refractivity contribution in [1.29, 1.82) is 0 Å². The number of hydrogen-bond donors (Lipinski definition) is 2. The number of ether oxygens (including phenoxy) is 1. The Morgan fingerprint density at radius 2 is 1.83 bits per heavy atom. The predicted molar refractivity (Wildman–Crippen MR) is 72.0 cm³/mol. The van der Waals surface area contributed by atoms with Gasteiger partial charge in [0, 0.05) is 6.04 Å². The van der Waals surface area contributed by atoms with Crippen LogP contribution in [0, 0.1) is 11.8 Å². The Kier molecular flexibility index (Phi) is 3.27. The second kappa shape index (κ2) is 4.90. The van der Waals surface area contributed by atoms with Gasteiger partial charge in [-0.3, -0.25) is 11.3 Å². The molecule has 1 aromatic rings. The molecule has 0 heterocycles. The Bertz CT molecular complexity index is 395. The average molecular weight is 246 g/mol. The molecule has 98 valence electrons. The molecule has 0 spiro atoms. The Hall–Kier alpha value is -1.06. The van der Waals surface area contributed by atoms with Crippen molar-refractivity contribution in [2.24, 2.45) is 17.7 Å². The monoisotopic (exact) mass is 246 g/mol. The second-order valence-electron chi connectivity index (χ2n) is 5.73. The topological polar surface area (TPSA) is 47.3 Å². The van der Waals surface area contributed by atoms with Crippen molar-refractivity contribution >= 4 is 0 Å². The zero-order valence-corrected chi connectivity index (χ0v) is 10.9. The van der Waals surface area contributed by atoms with Gasteiger partial charge in [0.2, 0.25) is 0 Å². The molecule has 0 radical (unpaired) electrons. The van der Waals surface area contributed by atoms with E-state index in [1.807, 2.05) is 0 Å². The minimum atomic E-state index is 0.257. The molecule has 2 saturated carbocycles. The van der Waals surface area contributed by atoms with Crippen molar-refractivity contribution < 1.29 is 4.74 Å². The summed E-state index contributed by atoms with van der Waals surface area (Å²) in [7, 11) is 0. The van der Waals surface area contributed by atoms with Crippen molar-refractivity contribution in [2.45, 2.75) is 44.8 Å². The van der Waals surface area contributed by atoms with Crippen LogP contribution in [0.4, 0.5) is 0 Å². The third kappa shape index (κ3) is 2.68. The van der Waals surface area contributed by atoms with Crippen molar-refractivity contribution in [2.75, 3.05) is 0 Å². The van der Waals surface area contributed by atoms with Gasteiger partial charge in [-0.05, 0) is 55.2 Å². The molecule has 3 heteroatoms. The van der Waals surface area contributed by atoms with E-state index in [0.29, 0.717) is 12.0 Å². The molecule has 2 atom stereocenters. The Morgan fingerprint density at radius 1 is 1.17 bits per heavy atom. The van der Waals surface area contributed by atoms with Crippen molar-refractivity contribution in [3.8, 4) is 5.75 Å². The summed E-state index contributed by atoms with van der Waals surface area (Å²) in [5.74, 6) is 8.14. The molecule has 0 saturated heterocycles. The maximum Gasteiger partial charge on any atom is 0.119 e. The van der Waals surface area contributed by atoms with Gasteiger partial charge in [0.05, 0.1) is 6.10 Å². The molecule has 0 aromatic heterocycles. The highest BCUT2D eigenvalue weighted by Crippen LogP contribution is 2.42. The van der Waals surface area contributed by atoms with Crippen LogP contribution in [0.2, 0.25) is 0 Å². The first-order valence-corrected chi connectivity index (χ1v) is 7.00. The molecule has 0 amide bonds. The fraction of sp³-hybridized carbons (Fsp3) is 0.600. The van der Waals surface area contributed by atoms with Gasteiger partial charge in [0.15, 0.2) is 0 Å². The van der Waals surface area contributed by atoms with Crippen molar-refractivity contribution in [3.63, 3.8) is 0 Å². The molecule has 18 heavy (non-hydrogen) atoms. The van der Waals surface area contributed by atoms with E-state index < -0.39 is 0 Å². The highest BCUT2D eigenvalue weighted by molar-refractivity contribution is 5.30. The summed E-state index contributed by atoms with van der Waals surface area (Å²) in [6, 6.07) is 8.67. The summed E-state index contributed by atoms with van der Waals surface area (Å²) < 4.78 is 5.76. The van der Waals surface area contributed by atoms with E-state index in [1.165, 1.54) is 31.2 Å². The summed E-state index contributed by atoms with van der Waals surface area (Å²) >= 11 is 0.